The molecule has 1 aromatic heterocycles. The van der Waals surface area contributed by atoms with E-state index in [0.717, 1.165) is 12.2 Å². The maximum Gasteiger partial charge on any atom is 0.309 e. The fourth-order valence-electron chi connectivity index (χ4n) is 2.54. The highest BCUT2D eigenvalue weighted by Gasteiger charge is 2.29. The number of nitrogens with zero attached hydrogens (tertiary/aromatic N) is 1. The van der Waals surface area contributed by atoms with Crippen molar-refractivity contribution in [2.24, 2.45) is 5.41 Å². The first-order valence-corrected chi connectivity index (χ1v) is 6.68. The smallest absolute Gasteiger partial charge is 0.309 e. The van der Waals surface area contributed by atoms with Crippen LogP contribution in [0.3, 0.4) is 0 Å². The van der Waals surface area contributed by atoms with Crippen LogP contribution in [0.5, 0.6) is 0 Å². The second kappa shape index (κ2) is 4.72. The third kappa shape index (κ3) is 2.37. The molecule has 0 aliphatic carbocycles. The van der Waals surface area contributed by atoms with Gasteiger partial charge in [-0.25, -0.2) is 0 Å². The molecule has 0 aliphatic heterocycles. The molecule has 2 aromatic rings. The van der Waals surface area contributed by atoms with Crippen LogP contribution in [0.1, 0.15) is 32.0 Å². The SMILES string of the molecule is CCn1c(CC(C)(C)C(=O)O)cc2c(C)cccc21. The van der Waals surface area contributed by atoms with E-state index in [0.29, 0.717) is 6.42 Å². The Hall–Kier alpha value is -1.77. The summed E-state index contributed by atoms with van der Waals surface area (Å²) in [7, 11) is 0. The fourth-order valence-corrected chi connectivity index (χ4v) is 2.54. The zero-order valence-corrected chi connectivity index (χ0v) is 12.0. The zero-order valence-electron chi connectivity index (χ0n) is 12.0. The Morgan fingerprint density at radius 1 is 1.37 bits per heavy atom. The second-order valence-corrected chi connectivity index (χ2v) is 5.75. The molecule has 1 heterocycles. The Morgan fingerprint density at radius 3 is 2.63 bits per heavy atom. The van der Waals surface area contributed by atoms with Gasteiger partial charge in [-0.1, -0.05) is 12.1 Å². The summed E-state index contributed by atoms with van der Waals surface area (Å²) in [4.78, 5) is 11.3. The number of carbonyl (C=O) groups is 1. The van der Waals surface area contributed by atoms with Crippen molar-refractivity contribution in [1.29, 1.82) is 0 Å². The second-order valence-electron chi connectivity index (χ2n) is 5.75. The molecule has 1 N–H and O–H groups in total. The number of carboxylic acids is 1. The highest BCUT2D eigenvalue weighted by atomic mass is 16.4. The highest BCUT2D eigenvalue weighted by Crippen LogP contribution is 2.28. The van der Waals surface area contributed by atoms with Crippen molar-refractivity contribution in [3.05, 3.63) is 35.5 Å². The van der Waals surface area contributed by atoms with E-state index in [2.05, 4.69) is 42.7 Å². The normalized spacial score (nSPS) is 12.0. The van der Waals surface area contributed by atoms with Crippen molar-refractivity contribution in [3.8, 4) is 0 Å². The van der Waals surface area contributed by atoms with E-state index in [1.165, 1.54) is 16.5 Å². The third-order valence-corrected chi connectivity index (χ3v) is 3.77. The minimum absolute atomic E-state index is 0.546. The van der Waals surface area contributed by atoms with Gasteiger partial charge in [0.05, 0.1) is 5.41 Å². The molecule has 0 unspecified atom stereocenters. The fraction of sp³-hybridized carbons (Fsp3) is 0.438. The van der Waals surface area contributed by atoms with Gasteiger partial charge in [-0.15, -0.1) is 0 Å². The molecule has 0 atom stereocenters. The van der Waals surface area contributed by atoms with Crippen LogP contribution in [0, 0.1) is 12.3 Å². The van der Waals surface area contributed by atoms with Crippen molar-refractivity contribution in [2.45, 2.75) is 40.7 Å². The molecule has 102 valence electrons. The van der Waals surface area contributed by atoms with E-state index in [1.807, 2.05) is 0 Å². The van der Waals surface area contributed by atoms with E-state index in [9.17, 15) is 9.90 Å². The van der Waals surface area contributed by atoms with Gasteiger partial charge in [-0.05, 0) is 45.4 Å². The number of aryl methyl sites for hydroxylation is 2. The zero-order chi connectivity index (χ0) is 14.2. The molecule has 0 aliphatic rings. The number of hydrogen-bond acceptors (Lipinski definition) is 1. The lowest BCUT2D eigenvalue weighted by atomic mass is 9.88. The first kappa shape index (κ1) is 13.7. The van der Waals surface area contributed by atoms with E-state index in [-0.39, 0.29) is 0 Å². The maximum atomic E-state index is 11.3. The van der Waals surface area contributed by atoms with E-state index in [4.69, 9.17) is 0 Å². The van der Waals surface area contributed by atoms with Gasteiger partial charge >= 0.3 is 5.97 Å². The molecule has 0 radical (unpaired) electrons. The molecule has 2 rings (SSSR count). The van der Waals surface area contributed by atoms with Crippen LogP contribution < -0.4 is 0 Å². The van der Waals surface area contributed by atoms with Crippen molar-refractivity contribution in [1.82, 2.24) is 4.57 Å². The van der Waals surface area contributed by atoms with Crippen LogP contribution in [-0.4, -0.2) is 15.6 Å². The minimum atomic E-state index is -0.753. The predicted octanol–water partition coefficient (Wildman–Crippen LogP) is 3.62. The number of aromatic nitrogens is 1. The lowest BCUT2D eigenvalue weighted by Gasteiger charge is -2.20. The van der Waals surface area contributed by atoms with Gasteiger partial charge in [-0.2, -0.15) is 0 Å². The Balaban J connectivity index is 2.55. The summed E-state index contributed by atoms with van der Waals surface area (Å²) < 4.78 is 2.22. The number of hydrogen-bond donors (Lipinski definition) is 1. The quantitative estimate of drug-likeness (QED) is 0.911. The minimum Gasteiger partial charge on any atom is -0.481 e. The van der Waals surface area contributed by atoms with Crippen molar-refractivity contribution in [2.75, 3.05) is 0 Å². The summed E-state index contributed by atoms with van der Waals surface area (Å²) in [6.07, 6.45) is 0.546. The lowest BCUT2D eigenvalue weighted by molar-refractivity contribution is -0.146. The van der Waals surface area contributed by atoms with Gasteiger partial charge in [0.25, 0.3) is 0 Å². The van der Waals surface area contributed by atoms with E-state index in [1.54, 1.807) is 13.8 Å². The Kier molecular flexibility index (Phi) is 3.40. The summed E-state index contributed by atoms with van der Waals surface area (Å²) in [6, 6.07) is 8.38. The molecular weight excluding hydrogens is 238 g/mol. The topological polar surface area (TPSA) is 42.2 Å². The summed E-state index contributed by atoms with van der Waals surface area (Å²) in [5.41, 5.74) is 2.78. The average Bonchev–Trinajstić information content (AvgIpc) is 2.67. The number of benzene rings is 1. The molecule has 0 amide bonds. The Morgan fingerprint density at radius 2 is 2.05 bits per heavy atom. The molecule has 0 saturated heterocycles. The molecule has 3 heteroatoms. The maximum absolute atomic E-state index is 11.3. The van der Waals surface area contributed by atoms with Crippen molar-refractivity contribution in [3.63, 3.8) is 0 Å². The van der Waals surface area contributed by atoms with Gasteiger partial charge in [0, 0.05) is 29.6 Å². The monoisotopic (exact) mass is 259 g/mol. The lowest BCUT2D eigenvalue weighted by Crippen LogP contribution is -2.27. The third-order valence-electron chi connectivity index (χ3n) is 3.77. The summed E-state index contributed by atoms with van der Waals surface area (Å²) in [6.45, 7) is 8.60. The largest absolute Gasteiger partial charge is 0.481 e. The summed E-state index contributed by atoms with van der Waals surface area (Å²) in [5.74, 6) is -0.753. The molecule has 0 spiro atoms. The molecule has 0 saturated carbocycles. The molecule has 0 fully saturated rings. The first-order valence-electron chi connectivity index (χ1n) is 6.68. The first-order chi connectivity index (χ1) is 8.86. The van der Waals surface area contributed by atoms with Gasteiger partial charge in [0.2, 0.25) is 0 Å². The van der Waals surface area contributed by atoms with Crippen LogP contribution in [0.15, 0.2) is 24.3 Å². The van der Waals surface area contributed by atoms with Crippen LogP contribution in [0.25, 0.3) is 10.9 Å². The number of rotatable bonds is 4. The van der Waals surface area contributed by atoms with Gasteiger partial charge < -0.3 is 9.67 Å². The summed E-state index contributed by atoms with van der Waals surface area (Å²) in [5, 5.41) is 10.5. The summed E-state index contributed by atoms with van der Waals surface area (Å²) >= 11 is 0. The average molecular weight is 259 g/mol. The van der Waals surface area contributed by atoms with Gasteiger partial charge in [-0.3, -0.25) is 4.79 Å². The van der Waals surface area contributed by atoms with Crippen LogP contribution in [-0.2, 0) is 17.8 Å². The number of aliphatic carboxylic acids is 1. The van der Waals surface area contributed by atoms with E-state index >= 15 is 0 Å². The molecular formula is C16H21NO2. The Labute approximate surface area is 113 Å². The molecule has 0 bridgehead atoms. The van der Waals surface area contributed by atoms with Crippen molar-refractivity contribution < 1.29 is 9.90 Å². The van der Waals surface area contributed by atoms with Crippen LogP contribution >= 0.6 is 0 Å². The number of carboxylic acid groups (broad SMARTS) is 1. The molecule has 3 nitrogen and oxygen atoms in total. The van der Waals surface area contributed by atoms with Crippen LogP contribution in [0.2, 0.25) is 0 Å². The highest BCUT2D eigenvalue weighted by molar-refractivity contribution is 5.85. The van der Waals surface area contributed by atoms with Gasteiger partial charge in [0.1, 0.15) is 0 Å². The molecule has 1 aromatic carbocycles. The van der Waals surface area contributed by atoms with Crippen LogP contribution in [0.4, 0.5) is 0 Å². The van der Waals surface area contributed by atoms with E-state index < -0.39 is 11.4 Å². The Bertz CT molecular complexity index is 623. The predicted molar refractivity (Wildman–Crippen MR) is 77.5 cm³/mol. The standard InChI is InChI=1S/C16H21NO2/c1-5-17-12(10-16(3,4)15(18)19)9-13-11(2)7-6-8-14(13)17/h6-9H,5,10H2,1-4H3,(H,18,19). The van der Waals surface area contributed by atoms with Gasteiger partial charge in [0.15, 0.2) is 0 Å². The number of fused-ring (bicyclic) bond motifs is 1. The van der Waals surface area contributed by atoms with Crippen molar-refractivity contribution >= 4 is 16.9 Å². The molecule has 19 heavy (non-hydrogen) atoms.